The number of fused-ring (bicyclic) bond motifs is 1. The molecule has 1 aliphatic rings. The largest absolute Gasteiger partial charge is 0.354 e. The molecule has 5 nitrogen and oxygen atoms in total. The summed E-state index contributed by atoms with van der Waals surface area (Å²) in [6.45, 7) is 9.59. The van der Waals surface area contributed by atoms with Crippen LogP contribution in [-0.2, 0) is 4.79 Å². The van der Waals surface area contributed by atoms with E-state index in [0.29, 0.717) is 12.0 Å². The molecule has 1 N–H and O–H groups in total. The van der Waals surface area contributed by atoms with E-state index < -0.39 is 0 Å². The summed E-state index contributed by atoms with van der Waals surface area (Å²) in [6.07, 6.45) is 4.98. The Morgan fingerprint density at radius 2 is 2.16 bits per heavy atom. The fourth-order valence-corrected chi connectivity index (χ4v) is 3.83. The molecule has 136 valence electrons. The summed E-state index contributed by atoms with van der Waals surface area (Å²) in [7, 11) is 0. The lowest BCUT2D eigenvalue weighted by molar-refractivity contribution is -0.124. The van der Waals surface area contributed by atoms with Crippen molar-refractivity contribution in [2.75, 3.05) is 19.6 Å². The fraction of sp³-hybridized carbons (Fsp3) is 0.600. The second-order valence-corrected chi connectivity index (χ2v) is 7.41. The van der Waals surface area contributed by atoms with Crippen molar-refractivity contribution >= 4 is 16.9 Å². The summed E-state index contributed by atoms with van der Waals surface area (Å²) in [5, 5.41) is 3.20. The SMILES string of the molecule is CC[C@H](C(=O)NC[C@H]1CCCN(C(C)C)C1)n1cnc2ccccc21. The van der Waals surface area contributed by atoms with Crippen LogP contribution in [0.15, 0.2) is 30.6 Å². The summed E-state index contributed by atoms with van der Waals surface area (Å²) in [5.41, 5.74) is 1.96. The molecule has 25 heavy (non-hydrogen) atoms. The summed E-state index contributed by atoms with van der Waals surface area (Å²) in [4.78, 5) is 19.7. The van der Waals surface area contributed by atoms with Gasteiger partial charge in [-0.15, -0.1) is 0 Å². The van der Waals surface area contributed by atoms with E-state index in [-0.39, 0.29) is 11.9 Å². The Bertz CT molecular complexity index is 709. The lowest BCUT2D eigenvalue weighted by Crippen LogP contribution is -2.44. The molecule has 0 saturated carbocycles. The Labute approximate surface area is 150 Å². The normalized spacial score (nSPS) is 20.1. The minimum Gasteiger partial charge on any atom is -0.354 e. The third-order valence-electron chi connectivity index (χ3n) is 5.35. The summed E-state index contributed by atoms with van der Waals surface area (Å²) in [5.74, 6) is 0.657. The minimum atomic E-state index is -0.197. The van der Waals surface area contributed by atoms with Gasteiger partial charge in [-0.1, -0.05) is 19.1 Å². The number of carbonyl (C=O) groups excluding carboxylic acids is 1. The first-order chi connectivity index (χ1) is 12.1. The van der Waals surface area contributed by atoms with E-state index >= 15 is 0 Å². The first kappa shape index (κ1) is 17.9. The Morgan fingerprint density at radius 3 is 2.92 bits per heavy atom. The zero-order valence-corrected chi connectivity index (χ0v) is 15.6. The van der Waals surface area contributed by atoms with Crippen LogP contribution in [0.5, 0.6) is 0 Å². The second-order valence-electron chi connectivity index (χ2n) is 7.41. The van der Waals surface area contributed by atoms with E-state index in [9.17, 15) is 4.79 Å². The van der Waals surface area contributed by atoms with Gasteiger partial charge in [-0.25, -0.2) is 4.98 Å². The predicted octanol–water partition coefficient (Wildman–Crippen LogP) is 3.22. The third kappa shape index (κ3) is 4.03. The first-order valence-corrected chi connectivity index (χ1v) is 9.53. The number of imidazole rings is 1. The van der Waals surface area contributed by atoms with Gasteiger partial charge in [-0.3, -0.25) is 4.79 Å². The van der Waals surface area contributed by atoms with Gasteiger partial charge in [0.25, 0.3) is 0 Å². The molecule has 2 aromatic rings. The number of aromatic nitrogens is 2. The average molecular weight is 342 g/mol. The zero-order valence-electron chi connectivity index (χ0n) is 15.6. The maximum atomic E-state index is 12.8. The molecule has 1 saturated heterocycles. The van der Waals surface area contributed by atoms with E-state index in [1.54, 1.807) is 6.33 Å². The van der Waals surface area contributed by atoms with Crippen LogP contribution < -0.4 is 5.32 Å². The fourth-order valence-electron chi connectivity index (χ4n) is 3.83. The highest BCUT2D eigenvalue weighted by atomic mass is 16.2. The summed E-state index contributed by atoms with van der Waals surface area (Å²) in [6, 6.07) is 8.37. The zero-order chi connectivity index (χ0) is 17.8. The number of amides is 1. The molecule has 0 aliphatic carbocycles. The Kier molecular flexibility index (Phi) is 5.74. The topological polar surface area (TPSA) is 50.2 Å². The van der Waals surface area contributed by atoms with Gasteiger partial charge in [0.15, 0.2) is 0 Å². The van der Waals surface area contributed by atoms with Gasteiger partial charge in [-0.05, 0) is 57.7 Å². The molecule has 0 spiro atoms. The van der Waals surface area contributed by atoms with Crippen molar-refractivity contribution in [2.24, 2.45) is 5.92 Å². The molecule has 1 fully saturated rings. The van der Waals surface area contributed by atoms with E-state index in [0.717, 1.165) is 30.5 Å². The highest BCUT2D eigenvalue weighted by Crippen LogP contribution is 2.21. The number of hydrogen-bond donors (Lipinski definition) is 1. The molecule has 0 radical (unpaired) electrons. The molecular formula is C20H30N4O. The molecule has 0 unspecified atom stereocenters. The molecular weight excluding hydrogens is 312 g/mol. The number of nitrogens with one attached hydrogen (secondary N) is 1. The van der Waals surface area contributed by atoms with Crippen molar-refractivity contribution in [3.63, 3.8) is 0 Å². The number of carbonyl (C=O) groups is 1. The van der Waals surface area contributed by atoms with Crippen molar-refractivity contribution in [2.45, 2.75) is 52.1 Å². The van der Waals surface area contributed by atoms with E-state index in [4.69, 9.17) is 0 Å². The predicted molar refractivity (Wildman–Crippen MR) is 102 cm³/mol. The summed E-state index contributed by atoms with van der Waals surface area (Å²) >= 11 is 0. The maximum Gasteiger partial charge on any atom is 0.243 e. The Hall–Kier alpha value is -1.88. The van der Waals surface area contributed by atoms with Crippen molar-refractivity contribution in [1.82, 2.24) is 19.8 Å². The van der Waals surface area contributed by atoms with Crippen LogP contribution in [0.3, 0.4) is 0 Å². The highest BCUT2D eigenvalue weighted by molar-refractivity contribution is 5.83. The van der Waals surface area contributed by atoms with Gasteiger partial charge in [0.1, 0.15) is 6.04 Å². The van der Waals surface area contributed by atoms with Gasteiger partial charge in [0, 0.05) is 19.1 Å². The summed E-state index contributed by atoms with van der Waals surface area (Å²) < 4.78 is 2.01. The number of benzene rings is 1. The van der Waals surface area contributed by atoms with Crippen LogP contribution in [-0.4, -0.2) is 46.0 Å². The molecule has 3 rings (SSSR count). The van der Waals surface area contributed by atoms with Crippen molar-refractivity contribution in [3.8, 4) is 0 Å². The van der Waals surface area contributed by atoms with Crippen molar-refractivity contribution in [1.29, 1.82) is 0 Å². The van der Waals surface area contributed by atoms with Gasteiger partial charge in [0.2, 0.25) is 5.91 Å². The third-order valence-corrected chi connectivity index (χ3v) is 5.35. The lowest BCUT2D eigenvalue weighted by atomic mass is 9.97. The van der Waals surface area contributed by atoms with E-state index in [1.807, 2.05) is 28.8 Å². The molecule has 1 aromatic carbocycles. The van der Waals surface area contributed by atoms with Gasteiger partial charge in [0.05, 0.1) is 17.4 Å². The van der Waals surface area contributed by atoms with Gasteiger partial charge < -0.3 is 14.8 Å². The van der Waals surface area contributed by atoms with E-state index in [2.05, 4.69) is 36.0 Å². The number of nitrogens with zero attached hydrogens (tertiary/aromatic N) is 3. The Balaban J connectivity index is 1.63. The van der Waals surface area contributed by atoms with Gasteiger partial charge >= 0.3 is 0 Å². The van der Waals surface area contributed by atoms with Gasteiger partial charge in [-0.2, -0.15) is 0 Å². The van der Waals surface area contributed by atoms with E-state index in [1.165, 1.54) is 19.4 Å². The number of rotatable bonds is 6. The molecule has 0 bridgehead atoms. The smallest absolute Gasteiger partial charge is 0.243 e. The molecule has 2 heterocycles. The molecule has 1 aromatic heterocycles. The number of likely N-dealkylation sites (tertiary alicyclic amines) is 1. The second kappa shape index (κ2) is 8.00. The number of hydrogen-bond acceptors (Lipinski definition) is 3. The minimum absolute atomic E-state index is 0.104. The highest BCUT2D eigenvalue weighted by Gasteiger charge is 2.24. The molecule has 1 amide bonds. The van der Waals surface area contributed by atoms with Crippen LogP contribution in [0.4, 0.5) is 0 Å². The number of piperidine rings is 1. The average Bonchev–Trinajstić information content (AvgIpc) is 3.05. The van der Waals surface area contributed by atoms with Crippen LogP contribution in [0.25, 0.3) is 11.0 Å². The lowest BCUT2D eigenvalue weighted by Gasteiger charge is -2.35. The molecule has 1 aliphatic heterocycles. The molecule has 2 atom stereocenters. The first-order valence-electron chi connectivity index (χ1n) is 9.53. The maximum absolute atomic E-state index is 12.8. The van der Waals surface area contributed by atoms with Crippen molar-refractivity contribution in [3.05, 3.63) is 30.6 Å². The van der Waals surface area contributed by atoms with Crippen LogP contribution >= 0.6 is 0 Å². The quantitative estimate of drug-likeness (QED) is 0.877. The van der Waals surface area contributed by atoms with Crippen LogP contribution in [0, 0.1) is 5.92 Å². The standard InChI is InChI=1S/C20H30N4O/c1-4-18(24-14-22-17-9-5-6-10-19(17)24)20(25)21-12-16-8-7-11-23(13-16)15(2)3/h5-6,9-10,14-16,18H,4,7-8,11-13H2,1-3H3,(H,21,25)/t16-,18-/m1/s1. The van der Waals surface area contributed by atoms with Crippen LogP contribution in [0.1, 0.15) is 46.1 Å². The van der Waals surface area contributed by atoms with Crippen molar-refractivity contribution < 1.29 is 4.79 Å². The Morgan fingerprint density at radius 1 is 1.36 bits per heavy atom. The molecule has 5 heteroatoms. The monoisotopic (exact) mass is 342 g/mol. The van der Waals surface area contributed by atoms with Crippen LogP contribution in [0.2, 0.25) is 0 Å². The number of para-hydroxylation sites is 2.